The number of hydrogen-bond donors (Lipinski definition) is 2. The molecule has 7 nitrogen and oxygen atoms in total. The Labute approximate surface area is 164 Å². The third-order valence-corrected chi connectivity index (χ3v) is 5.69. The summed E-state index contributed by atoms with van der Waals surface area (Å²) < 4.78 is 4.90. The number of nitrogens with two attached hydrogens (primary N) is 1. The molecule has 0 bridgehead atoms. The van der Waals surface area contributed by atoms with Crippen LogP contribution >= 0.6 is 22.7 Å². The van der Waals surface area contributed by atoms with Gasteiger partial charge in [0.2, 0.25) is 0 Å². The lowest BCUT2D eigenvalue weighted by atomic mass is 10.2. The van der Waals surface area contributed by atoms with Gasteiger partial charge >= 0.3 is 5.97 Å². The van der Waals surface area contributed by atoms with Gasteiger partial charge in [-0.05, 0) is 25.5 Å². The summed E-state index contributed by atoms with van der Waals surface area (Å²) in [6.45, 7) is 4.17. The van der Waals surface area contributed by atoms with Crippen molar-refractivity contribution in [2.45, 2.75) is 33.1 Å². The summed E-state index contributed by atoms with van der Waals surface area (Å²) in [5.74, 6) is -0.673. The van der Waals surface area contributed by atoms with Crippen LogP contribution in [0.5, 0.6) is 0 Å². The summed E-state index contributed by atoms with van der Waals surface area (Å²) in [6, 6.07) is 3.86. The Morgan fingerprint density at radius 1 is 1.22 bits per heavy atom. The molecule has 3 heterocycles. The highest BCUT2D eigenvalue weighted by atomic mass is 32.1. The molecule has 3 aromatic heterocycles. The molecule has 0 saturated heterocycles. The molecule has 142 valence electrons. The zero-order valence-electron chi connectivity index (χ0n) is 15.1. The molecule has 0 aromatic carbocycles. The average Bonchev–Trinajstić information content (AvgIpc) is 3.19. The minimum Gasteiger partial charge on any atom is -0.466 e. The normalized spacial score (nSPS) is 10.9. The zero-order valence-corrected chi connectivity index (χ0v) is 16.7. The van der Waals surface area contributed by atoms with E-state index in [2.05, 4.69) is 22.2 Å². The van der Waals surface area contributed by atoms with Gasteiger partial charge in [0.05, 0.1) is 24.4 Å². The van der Waals surface area contributed by atoms with Crippen molar-refractivity contribution in [3.05, 3.63) is 33.8 Å². The van der Waals surface area contributed by atoms with Gasteiger partial charge in [-0.2, -0.15) is 0 Å². The summed E-state index contributed by atoms with van der Waals surface area (Å²) >= 11 is 2.52. The second-order valence-corrected chi connectivity index (χ2v) is 7.69. The van der Waals surface area contributed by atoms with Gasteiger partial charge in [-0.25, -0.2) is 9.97 Å². The fourth-order valence-corrected chi connectivity index (χ4v) is 4.27. The molecule has 0 saturated carbocycles. The Morgan fingerprint density at radius 2 is 2.04 bits per heavy atom. The van der Waals surface area contributed by atoms with Crippen LogP contribution in [0.2, 0.25) is 0 Å². The zero-order chi connectivity index (χ0) is 19.4. The maximum atomic E-state index is 12.6. The Bertz CT molecular complexity index is 980. The van der Waals surface area contributed by atoms with Crippen LogP contribution in [0.1, 0.15) is 41.3 Å². The van der Waals surface area contributed by atoms with Crippen LogP contribution in [-0.2, 0) is 22.4 Å². The van der Waals surface area contributed by atoms with Crippen molar-refractivity contribution in [2.24, 2.45) is 0 Å². The van der Waals surface area contributed by atoms with Gasteiger partial charge < -0.3 is 10.5 Å². The van der Waals surface area contributed by atoms with Crippen LogP contribution in [0.25, 0.3) is 10.2 Å². The number of amides is 1. The van der Waals surface area contributed by atoms with Gasteiger partial charge in [-0.3, -0.25) is 14.9 Å². The van der Waals surface area contributed by atoms with Gasteiger partial charge in [-0.15, -0.1) is 22.7 Å². The van der Waals surface area contributed by atoms with Crippen molar-refractivity contribution in [3.8, 4) is 0 Å². The van der Waals surface area contributed by atoms with Crippen LogP contribution in [-0.4, -0.2) is 28.5 Å². The van der Waals surface area contributed by atoms with Crippen molar-refractivity contribution in [2.75, 3.05) is 17.7 Å². The first kappa shape index (κ1) is 19.2. The van der Waals surface area contributed by atoms with E-state index in [1.165, 1.54) is 22.7 Å². The number of rotatable bonds is 7. The SMILES string of the molecule is CCCc1ccc2c(N)c(C(=O)Nc3nc(CC(=O)OCC)cs3)sc2n1. The van der Waals surface area contributed by atoms with E-state index in [1.807, 2.05) is 12.1 Å². The van der Waals surface area contributed by atoms with Crippen molar-refractivity contribution >= 4 is 55.6 Å². The van der Waals surface area contributed by atoms with Crippen molar-refractivity contribution in [3.63, 3.8) is 0 Å². The first-order chi connectivity index (χ1) is 13.0. The third-order valence-electron chi connectivity index (χ3n) is 3.77. The molecule has 0 unspecified atom stereocenters. The number of ether oxygens (including phenoxy) is 1. The van der Waals surface area contributed by atoms with E-state index in [4.69, 9.17) is 10.5 Å². The molecular weight excluding hydrogens is 384 g/mol. The molecule has 1 amide bonds. The highest BCUT2D eigenvalue weighted by Gasteiger charge is 2.19. The monoisotopic (exact) mass is 404 g/mol. The highest BCUT2D eigenvalue weighted by molar-refractivity contribution is 7.21. The smallest absolute Gasteiger partial charge is 0.311 e. The van der Waals surface area contributed by atoms with E-state index >= 15 is 0 Å². The van der Waals surface area contributed by atoms with Crippen LogP contribution in [0.15, 0.2) is 17.5 Å². The topological polar surface area (TPSA) is 107 Å². The van der Waals surface area contributed by atoms with Crippen LogP contribution in [0.4, 0.5) is 10.8 Å². The number of esters is 1. The van der Waals surface area contributed by atoms with Crippen LogP contribution in [0.3, 0.4) is 0 Å². The fourth-order valence-electron chi connectivity index (χ4n) is 2.56. The lowest BCUT2D eigenvalue weighted by molar-refractivity contribution is -0.142. The van der Waals surface area contributed by atoms with Crippen molar-refractivity contribution in [1.29, 1.82) is 0 Å². The Kier molecular flexibility index (Phi) is 6.02. The molecular formula is C18H20N4O3S2. The number of nitrogens with one attached hydrogen (secondary N) is 1. The molecule has 0 radical (unpaired) electrons. The predicted octanol–water partition coefficient (Wildman–Crippen LogP) is 3.65. The number of hydrogen-bond acceptors (Lipinski definition) is 8. The number of aryl methyl sites for hydroxylation is 1. The first-order valence-corrected chi connectivity index (χ1v) is 10.3. The Balaban J connectivity index is 1.75. The van der Waals surface area contributed by atoms with Crippen molar-refractivity contribution in [1.82, 2.24) is 9.97 Å². The van der Waals surface area contributed by atoms with E-state index < -0.39 is 0 Å². The maximum Gasteiger partial charge on any atom is 0.311 e. The van der Waals surface area contributed by atoms with Gasteiger partial charge in [0.15, 0.2) is 5.13 Å². The van der Waals surface area contributed by atoms with E-state index in [-0.39, 0.29) is 18.3 Å². The number of carbonyl (C=O) groups excluding carboxylic acids is 2. The van der Waals surface area contributed by atoms with E-state index in [0.29, 0.717) is 28.0 Å². The number of anilines is 2. The number of aromatic nitrogens is 2. The molecule has 3 N–H and O–H groups in total. The Morgan fingerprint density at radius 3 is 2.78 bits per heavy atom. The van der Waals surface area contributed by atoms with Crippen LogP contribution in [0, 0.1) is 0 Å². The van der Waals surface area contributed by atoms with Gasteiger partial charge in [0, 0.05) is 16.5 Å². The first-order valence-electron chi connectivity index (χ1n) is 8.61. The molecule has 9 heteroatoms. The molecule has 3 aromatic rings. The number of fused-ring (bicyclic) bond motifs is 1. The molecule has 0 aliphatic rings. The standard InChI is InChI=1S/C18H20N4O3S2/c1-3-5-10-6-7-12-14(19)15(27-17(12)20-10)16(24)22-18-21-11(9-26-18)8-13(23)25-4-2/h6-7,9H,3-5,8,19H2,1-2H3,(H,21,22,24). The summed E-state index contributed by atoms with van der Waals surface area (Å²) in [6.07, 6.45) is 1.97. The summed E-state index contributed by atoms with van der Waals surface area (Å²) in [4.78, 5) is 34.1. The second kappa shape index (κ2) is 8.45. The van der Waals surface area contributed by atoms with Crippen molar-refractivity contribution < 1.29 is 14.3 Å². The summed E-state index contributed by atoms with van der Waals surface area (Å²) in [5.41, 5.74) is 8.12. The average molecular weight is 405 g/mol. The summed E-state index contributed by atoms with van der Waals surface area (Å²) in [7, 11) is 0. The minimum absolute atomic E-state index is 0.0787. The molecule has 3 rings (SSSR count). The molecule has 0 aliphatic heterocycles. The van der Waals surface area contributed by atoms with Crippen LogP contribution < -0.4 is 11.1 Å². The lowest BCUT2D eigenvalue weighted by Crippen LogP contribution is -2.12. The number of nitrogen functional groups attached to an aromatic ring is 1. The number of nitrogens with zero attached hydrogens (tertiary/aromatic N) is 2. The van der Waals surface area contributed by atoms with Gasteiger partial charge in [0.25, 0.3) is 5.91 Å². The van der Waals surface area contributed by atoms with E-state index in [1.54, 1.807) is 12.3 Å². The molecule has 27 heavy (non-hydrogen) atoms. The van der Waals surface area contributed by atoms with E-state index in [9.17, 15) is 9.59 Å². The predicted molar refractivity (Wildman–Crippen MR) is 108 cm³/mol. The fraction of sp³-hybridized carbons (Fsp3) is 0.333. The molecule has 0 fully saturated rings. The summed E-state index contributed by atoms with van der Waals surface area (Å²) in [5, 5.41) is 5.66. The minimum atomic E-state index is -0.344. The number of carbonyl (C=O) groups is 2. The molecule has 0 spiro atoms. The lowest BCUT2D eigenvalue weighted by Gasteiger charge is -2.00. The van der Waals surface area contributed by atoms with Gasteiger partial charge in [-0.1, -0.05) is 13.3 Å². The molecule has 0 aliphatic carbocycles. The van der Waals surface area contributed by atoms with E-state index in [0.717, 1.165) is 28.8 Å². The number of thiophene rings is 1. The second-order valence-electron chi connectivity index (χ2n) is 5.83. The quantitative estimate of drug-likeness (QED) is 0.582. The maximum absolute atomic E-state index is 12.6. The van der Waals surface area contributed by atoms with Gasteiger partial charge in [0.1, 0.15) is 9.71 Å². The molecule has 0 atom stereocenters. The Hall–Kier alpha value is -2.52. The number of thiazole rings is 1. The largest absolute Gasteiger partial charge is 0.466 e. The number of pyridine rings is 1. The highest BCUT2D eigenvalue weighted by Crippen LogP contribution is 2.33. The third kappa shape index (κ3) is 4.42.